The summed E-state index contributed by atoms with van der Waals surface area (Å²) in [6.07, 6.45) is 1.68. The molecule has 3 N–H and O–H groups in total. The lowest BCUT2D eigenvalue weighted by molar-refractivity contribution is 0.596. The molecule has 2 aromatic rings. The summed E-state index contributed by atoms with van der Waals surface area (Å²) in [7, 11) is 1.60. The van der Waals surface area contributed by atoms with Crippen LogP contribution in [0.3, 0.4) is 0 Å². The average molecular weight is 279 g/mol. The highest BCUT2D eigenvalue weighted by Gasteiger charge is 2.07. The van der Waals surface area contributed by atoms with Crippen LogP contribution < -0.4 is 16.9 Å². The minimum atomic E-state index is -0.812. The Morgan fingerprint density at radius 3 is 2.74 bits per heavy atom. The molecule has 0 aromatic carbocycles. The highest BCUT2D eigenvalue weighted by atomic mass is 32.2. The first-order valence-electron chi connectivity index (χ1n) is 5.54. The van der Waals surface area contributed by atoms with Crippen molar-refractivity contribution in [1.29, 1.82) is 0 Å². The fraction of sp³-hybridized carbons (Fsp3) is 0.273. The molecule has 0 radical (unpaired) electrons. The topological polar surface area (TPSA) is 107 Å². The molecule has 0 unspecified atom stereocenters. The van der Waals surface area contributed by atoms with Crippen molar-refractivity contribution in [2.24, 2.45) is 12.8 Å². The molecule has 8 heteroatoms. The third kappa shape index (κ3) is 3.09. The molecule has 0 saturated heterocycles. The molecule has 19 heavy (non-hydrogen) atoms. The summed E-state index contributed by atoms with van der Waals surface area (Å²) in [6, 6.07) is 3.58. The lowest BCUT2D eigenvalue weighted by atomic mass is 10.2. The molecule has 0 amide bonds. The van der Waals surface area contributed by atoms with Gasteiger partial charge in [0.25, 0.3) is 0 Å². The van der Waals surface area contributed by atoms with E-state index in [-0.39, 0.29) is 6.04 Å². The second-order valence-corrected chi connectivity index (χ2v) is 5.01. The van der Waals surface area contributed by atoms with E-state index < -0.39 is 11.1 Å². The number of hydrogen-bond donors (Lipinski definition) is 2. The van der Waals surface area contributed by atoms with Gasteiger partial charge in [-0.1, -0.05) is 6.07 Å². The second kappa shape index (κ2) is 5.37. The Bertz CT molecular complexity index is 689. The molecule has 2 heterocycles. The number of nitrogens with zero attached hydrogens (tertiary/aromatic N) is 3. The minimum absolute atomic E-state index is 0.0814. The van der Waals surface area contributed by atoms with E-state index in [0.29, 0.717) is 10.2 Å². The van der Waals surface area contributed by atoms with E-state index in [1.165, 1.54) is 16.4 Å². The zero-order chi connectivity index (χ0) is 14.0. The normalized spacial score (nSPS) is 12.4. The first kappa shape index (κ1) is 13.5. The Morgan fingerprint density at radius 2 is 2.16 bits per heavy atom. The van der Waals surface area contributed by atoms with Crippen LogP contribution in [-0.2, 0) is 7.05 Å². The Hall–Kier alpha value is -1.93. The van der Waals surface area contributed by atoms with Crippen molar-refractivity contribution in [2.45, 2.75) is 23.1 Å². The quantitative estimate of drug-likeness (QED) is 0.768. The molecule has 0 fully saturated rings. The van der Waals surface area contributed by atoms with E-state index in [1.807, 2.05) is 13.0 Å². The van der Waals surface area contributed by atoms with Crippen LogP contribution in [0.1, 0.15) is 18.5 Å². The molecule has 2 rings (SSSR count). The fourth-order valence-electron chi connectivity index (χ4n) is 1.37. The lowest BCUT2D eigenvalue weighted by Gasteiger charge is -2.07. The maximum Gasteiger partial charge on any atom is 0.339 e. The molecule has 0 saturated carbocycles. The molecule has 7 nitrogen and oxygen atoms in total. The van der Waals surface area contributed by atoms with Gasteiger partial charge in [0.2, 0.25) is 0 Å². The Balaban J connectivity index is 2.29. The maximum absolute atomic E-state index is 11.2. The number of rotatable bonds is 3. The van der Waals surface area contributed by atoms with Crippen LogP contribution in [0, 0.1) is 0 Å². The van der Waals surface area contributed by atoms with E-state index in [2.05, 4.69) is 15.1 Å². The van der Waals surface area contributed by atoms with Crippen LogP contribution in [0.25, 0.3) is 0 Å². The minimum Gasteiger partial charge on any atom is -0.324 e. The predicted molar refractivity (Wildman–Crippen MR) is 71.1 cm³/mol. The number of nitrogens with one attached hydrogen (secondary N) is 1. The molecule has 0 spiro atoms. The lowest BCUT2D eigenvalue weighted by Crippen LogP contribution is -2.33. The first-order valence-corrected chi connectivity index (χ1v) is 6.36. The van der Waals surface area contributed by atoms with Gasteiger partial charge in [-0.3, -0.25) is 19.4 Å². The first-order chi connectivity index (χ1) is 8.97. The summed E-state index contributed by atoms with van der Waals surface area (Å²) in [5, 5.41) is 3.41. The largest absolute Gasteiger partial charge is 0.339 e. The summed E-state index contributed by atoms with van der Waals surface area (Å²) in [4.78, 5) is 30.2. The number of pyridine rings is 1. The van der Waals surface area contributed by atoms with Crippen LogP contribution >= 0.6 is 11.8 Å². The summed E-state index contributed by atoms with van der Waals surface area (Å²) >= 11 is 1.19. The highest BCUT2D eigenvalue weighted by molar-refractivity contribution is 7.99. The van der Waals surface area contributed by atoms with Crippen LogP contribution in [0.5, 0.6) is 0 Å². The zero-order valence-electron chi connectivity index (χ0n) is 10.5. The van der Waals surface area contributed by atoms with Gasteiger partial charge in [0, 0.05) is 19.3 Å². The number of nitrogens with two attached hydrogens (primary N) is 1. The molecule has 0 aliphatic heterocycles. The Labute approximate surface area is 112 Å². The summed E-state index contributed by atoms with van der Waals surface area (Å²) in [6.45, 7) is 1.87. The van der Waals surface area contributed by atoms with Crippen molar-refractivity contribution in [3.05, 3.63) is 44.6 Å². The predicted octanol–water partition coefficient (Wildman–Crippen LogP) is 0.0345. The van der Waals surface area contributed by atoms with Crippen molar-refractivity contribution in [2.75, 3.05) is 0 Å². The van der Waals surface area contributed by atoms with E-state index in [4.69, 9.17) is 5.73 Å². The monoisotopic (exact) mass is 279 g/mol. The van der Waals surface area contributed by atoms with Crippen LogP contribution in [-0.4, -0.2) is 19.7 Å². The van der Waals surface area contributed by atoms with E-state index in [1.54, 1.807) is 19.3 Å². The maximum atomic E-state index is 11.2. The van der Waals surface area contributed by atoms with Gasteiger partial charge in [0.1, 0.15) is 5.03 Å². The van der Waals surface area contributed by atoms with E-state index in [9.17, 15) is 9.59 Å². The molecule has 1 atom stereocenters. The van der Waals surface area contributed by atoms with Gasteiger partial charge in [-0.15, -0.1) is 0 Å². The van der Waals surface area contributed by atoms with E-state index >= 15 is 0 Å². The summed E-state index contributed by atoms with van der Waals surface area (Å²) < 4.78 is 1.38. The van der Waals surface area contributed by atoms with Crippen molar-refractivity contribution in [3.8, 4) is 0 Å². The van der Waals surface area contributed by atoms with Gasteiger partial charge in [-0.2, -0.15) is 4.98 Å². The molecule has 0 aliphatic carbocycles. The Kier molecular flexibility index (Phi) is 3.82. The molecule has 0 aliphatic rings. The fourth-order valence-corrected chi connectivity index (χ4v) is 2.11. The summed E-state index contributed by atoms with van der Waals surface area (Å²) in [5.41, 5.74) is 5.10. The molecular weight excluding hydrogens is 266 g/mol. The number of aromatic amines is 1. The number of aryl methyl sites for hydroxylation is 1. The standard InChI is InChI=1S/C11H13N5O2S/c1-6(12)7-3-4-8(13-5-7)19-11-14-9(17)10(18)15-16(11)2/h3-6H,12H2,1-2H3,(H,15,18)/t6-/m0/s1. The Morgan fingerprint density at radius 1 is 1.42 bits per heavy atom. The van der Waals surface area contributed by atoms with Gasteiger partial charge in [0.05, 0.1) is 0 Å². The third-order valence-corrected chi connectivity index (χ3v) is 3.43. The average Bonchev–Trinajstić information content (AvgIpc) is 2.36. The second-order valence-electron chi connectivity index (χ2n) is 4.02. The molecular formula is C11H13N5O2S. The van der Waals surface area contributed by atoms with Gasteiger partial charge >= 0.3 is 11.1 Å². The zero-order valence-corrected chi connectivity index (χ0v) is 11.3. The van der Waals surface area contributed by atoms with Crippen molar-refractivity contribution in [1.82, 2.24) is 19.7 Å². The van der Waals surface area contributed by atoms with Crippen LogP contribution in [0.15, 0.2) is 38.1 Å². The molecule has 100 valence electrons. The molecule has 0 bridgehead atoms. The third-order valence-electron chi connectivity index (χ3n) is 2.43. The smallest absolute Gasteiger partial charge is 0.324 e. The van der Waals surface area contributed by atoms with Crippen molar-refractivity contribution in [3.63, 3.8) is 0 Å². The SMILES string of the molecule is C[C@H](N)c1ccc(Sc2nc(=O)c(=O)[nH]n2C)nc1. The van der Waals surface area contributed by atoms with Crippen molar-refractivity contribution >= 4 is 11.8 Å². The van der Waals surface area contributed by atoms with Crippen molar-refractivity contribution < 1.29 is 0 Å². The van der Waals surface area contributed by atoms with Crippen LogP contribution in [0.4, 0.5) is 0 Å². The van der Waals surface area contributed by atoms with Gasteiger partial charge in [0.15, 0.2) is 5.16 Å². The van der Waals surface area contributed by atoms with Gasteiger partial charge < -0.3 is 5.73 Å². The summed E-state index contributed by atoms with van der Waals surface area (Å²) in [5.74, 6) is 0. The molecule has 2 aromatic heterocycles. The van der Waals surface area contributed by atoms with Gasteiger partial charge in [-0.05, 0) is 30.3 Å². The number of H-pyrrole nitrogens is 1. The van der Waals surface area contributed by atoms with E-state index in [0.717, 1.165) is 5.56 Å². The number of hydrogen-bond acceptors (Lipinski definition) is 6. The van der Waals surface area contributed by atoms with Gasteiger partial charge in [-0.25, -0.2) is 4.98 Å². The number of aromatic nitrogens is 4. The van der Waals surface area contributed by atoms with Crippen LogP contribution in [0.2, 0.25) is 0 Å². The highest BCUT2D eigenvalue weighted by Crippen LogP contribution is 2.22.